The predicted octanol–water partition coefficient (Wildman–Crippen LogP) is 2.70. The quantitative estimate of drug-likeness (QED) is 0.767. The summed E-state index contributed by atoms with van der Waals surface area (Å²) < 4.78 is 1.09. The molecule has 0 aliphatic rings. The minimum atomic E-state index is 0.720. The number of thiophene rings is 1. The van der Waals surface area contributed by atoms with Crippen molar-refractivity contribution in [3.8, 4) is 0 Å². The van der Waals surface area contributed by atoms with Gasteiger partial charge in [0.25, 0.3) is 0 Å². The Balaban J connectivity index is 1.84. The molecule has 3 aromatic heterocycles. The van der Waals surface area contributed by atoms with Crippen LogP contribution >= 0.6 is 11.3 Å². The molecule has 0 saturated heterocycles. The van der Waals surface area contributed by atoms with E-state index in [-0.39, 0.29) is 0 Å². The van der Waals surface area contributed by atoms with Crippen LogP contribution in [0, 0.1) is 0 Å². The summed E-state index contributed by atoms with van der Waals surface area (Å²) in [5.41, 5.74) is 2.12. The van der Waals surface area contributed by atoms with E-state index in [0.29, 0.717) is 0 Å². The molecule has 0 aromatic carbocycles. The first-order valence-corrected chi connectivity index (χ1v) is 6.12. The standard InChI is InChI=1S/C12H10N4S/c1-2-9(6-13-4-1)7-14-12-11-10(3-5-17-11)15-8-16-12/h1-6,8H,7H2,(H,14,15,16). The zero-order valence-corrected chi connectivity index (χ0v) is 9.81. The molecule has 3 rings (SSSR count). The van der Waals surface area contributed by atoms with E-state index in [9.17, 15) is 0 Å². The van der Waals surface area contributed by atoms with Crippen molar-refractivity contribution in [2.24, 2.45) is 0 Å². The lowest BCUT2D eigenvalue weighted by molar-refractivity contribution is 1.08. The van der Waals surface area contributed by atoms with Gasteiger partial charge in [-0.3, -0.25) is 4.98 Å². The molecule has 17 heavy (non-hydrogen) atoms. The van der Waals surface area contributed by atoms with Crippen LogP contribution in [0.4, 0.5) is 5.82 Å². The Kier molecular flexibility index (Phi) is 2.67. The van der Waals surface area contributed by atoms with Gasteiger partial charge in [-0.25, -0.2) is 9.97 Å². The molecule has 1 N–H and O–H groups in total. The second-order valence-electron chi connectivity index (χ2n) is 3.57. The van der Waals surface area contributed by atoms with Gasteiger partial charge in [0.1, 0.15) is 12.1 Å². The molecule has 0 saturated carbocycles. The molecule has 84 valence electrons. The minimum Gasteiger partial charge on any atom is -0.365 e. The van der Waals surface area contributed by atoms with Gasteiger partial charge in [-0.1, -0.05) is 6.07 Å². The smallest absolute Gasteiger partial charge is 0.147 e. The summed E-state index contributed by atoms with van der Waals surface area (Å²) in [7, 11) is 0. The van der Waals surface area contributed by atoms with Gasteiger partial charge in [0.15, 0.2) is 0 Å². The maximum absolute atomic E-state index is 4.26. The van der Waals surface area contributed by atoms with Gasteiger partial charge in [0.05, 0.1) is 10.2 Å². The van der Waals surface area contributed by atoms with Gasteiger partial charge < -0.3 is 5.32 Å². The Morgan fingerprint density at radius 3 is 3.12 bits per heavy atom. The largest absolute Gasteiger partial charge is 0.365 e. The highest BCUT2D eigenvalue weighted by atomic mass is 32.1. The topological polar surface area (TPSA) is 50.7 Å². The summed E-state index contributed by atoms with van der Waals surface area (Å²) in [6.07, 6.45) is 5.20. The lowest BCUT2D eigenvalue weighted by atomic mass is 10.3. The van der Waals surface area contributed by atoms with Crippen molar-refractivity contribution in [1.29, 1.82) is 0 Å². The van der Waals surface area contributed by atoms with Crippen molar-refractivity contribution >= 4 is 27.4 Å². The van der Waals surface area contributed by atoms with Crippen molar-refractivity contribution < 1.29 is 0 Å². The van der Waals surface area contributed by atoms with Crippen LogP contribution in [-0.2, 0) is 6.54 Å². The number of aromatic nitrogens is 3. The maximum atomic E-state index is 4.26. The van der Waals surface area contributed by atoms with Crippen LogP contribution in [0.1, 0.15) is 5.56 Å². The lowest BCUT2D eigenvalue weighted by Crippen LogP contribution is -2.01. The molecule has 0 bridgehead atoms. The summed E-state index contributed by atoms with van der Waals surface area (Å²) in [6.45, 7) is 0.720. The minimum absolute atomic E-state index is 0.720. The Morgan fingerprint density at radius 2 is 2.24 bits per heavy atom. The second kappa shape index (κ2) is 4.47. The summed E-state index contributed by atoms with van der Waals surface area (Å²) in [4.78, 5) is 12.5. The maximum Gasteiger partial charge on any atom is 0.147 e. The fourth-order valence-electron chi connectivity index (χ4n) is 1.60. The number of rotatable bonds is 3. The van der Waals surface area contributed by atoms with Gasteiger partial charge >= 0.3 is 0 Å². The third-order valence-corrected chi connectivity index (χ3v) is 3.34. The van der Waals surface area contributed by atoms with Crippen LogP contribution in [-0.4, -0.2) is 15.0 Å². The first-order chi connectivity index (χ1) is 8.43. The van der Waals surface area contributed by atoms with E-state index in [0.717, 1.165) is 28.1 Å². The number of pyridine rings is 1. The fourth-order valence-corrected chi connectivity index (χ4v) is 2.41. The van der Waals surface area contributed by atoms with Gasteiger partial charge in [-0.2, -0.15) is 0 Å². The molecule has 5 heteroatoms. The molecule has 0 unspecified atom stereocenters. The highest BCUT2D eigenvalue weighted by Crippen LogP contribution is 2.24. The first kappa shape index (κ1) is 10.2. The average molecular weight is 242 g/mol. The van der Waals surface area contributed by atoms with Gasteiger partial charge in [0, 0.05) is 18.9 Å². The van der Waals surface area contributed by atoms with Crippen molar-refractivity contribution in [3.05, 3.63) is 47.9 Å². The SMILES string of the molecule is c1cncc(CNc2ncnc3ccsc23)c1. The number of anilines is 1. The van der Waals surface area contributed by atoms with E-state index < -0.39 is 0 Å². The average Bonchev–Trinajstić information content (AvgIpc) is 2.86. The third kappa shape index (κ3) is 2.09. The van der Waals surface area contributed by atoms with Crippen molar-refractivity contribution in [3.63, 3.8) is 0 Å². The molecule has 4 nitrogen and oxygen atoms in total. The van der Waals surface area contributed by atoms with Crippen LogP contribution < -0.4 is 5.32 Å². The van der Waals surface area contributed by atoms with Crippen LogP contribution in [0.3, 0.4) is 0 Å². The number of hydrogen-bond donors (Lipinski definition) is 1. The molecular weight excluding hydrogens is 232 g/mol. The summed E-state index contributed by atoms with van der Waals surface area (Å²) in [5.74, 6) is 0.883. The molecule has 3 heterocycles. The van der Waals surface area contributed by atoms with Crippen molar-refractivity contribution in [1.82, 2.24) is 15.0 Å². The normalized spacial score (nSPS) is 10.6. The highest BCUT2D eigenvalue weighted by molar-refractivity contribution is 7.17. The van der Waals surface area contributed by atoms with Crippen molar-refractivity contribution in [2.45, 2.75) is 6.54 Å². The number of nitrogens with one attached hydrogen (secondary N) is 1. The Morgan fingerprint density at radius 1 is 1.24 bits per heavy atom. The van der Waals surface area contributed by atoms with E-state index in [1.165, 1.54) is 0 Å². The lowest BCUT2D eigenvalue weighted by Gasteiger charge is -2.05. The van der Waals surface area contributed by atoms with Gasteiger partial charge in [-0.05, 0) is 23.1 Å². The Labute approximate surface area is 102 Å². The van der Waals surface area contributed by atoms with Crippen molar-refractivity contribution in [2.75, 3.05) is 5.32 Å². The number of fused-ring (bicyclic) bond motifs is 1. The fraction of sp³-hybridized carbons (Fsp3) is 0.0833. The van der Waals surface area contributed by atoms with Crippen LogP contribution in [0.5, 0.6) is 0 Å². The molecular formula is C12H10N4S. The zero-order chi connectivity index (χ0) is 11.5. The molecule has 0 amide bonds. The zero-order valence-electron chi connectivity index (χ0n) is 9.00. The molecule has 3 aromatic rings. The van der Waals surface area contributed by atoms with E-state index in [2.05, 4.69) is 20.3 Å². The molecule has 0 aliphatic heterocycles. The van der Waals surface area contributed by atoms with Crippen LogP contribution in [0.2, 0.25) is 0 Å². The summed E-state index contributed by atoms with van der Waals surface area (Å²) >= 11 is 1.65. The van der Waals surface area contributed by atoms with E-state index in [4.69, 9.17) is 0 Å². The van der Waals surface area contributed by atoms with Crippen LogP contribution in [0.15, 0.2) is 42.3 Å². The van der Waals surface area contributed by atoms with E-state index in [1.807, 2.05) is 29.8 Å². The molecule has 0 aliphatic carbocycles. The monoisotopic (exact) mass is 242 g/mol. The number of hydrogen-bond acceptors (Lipinski definition) is 5. The predicted molar refractivity (Wildman–Crippen MR) is 69.0 cm³/mol. The molecule has 0 spiro atoms. The Bertz CT molecular complexity index is 620. The third-order valence-electron chi connectivity index (χ3n) is 2.43. The molecule has 0 radical (unpaired) electrons. The summed E-state index contributed by atoms with van der Waals surface area (Å²) in [6, 6.07) is 5.96. The highest BCUT2D eigenvalue weighted by Gasteiger charge is 2.03. The van der Waals surface area contributed by atoms with Gasteiger partial charge in [-0.15, -0.1) is 11.3 Å². The number of nitrogens with zero attached hydrogens (tertiary/aromatic N) is 3. The van der Waals surface area contributed by atoms with Crippen LogP contribution in [0.25, 0.3) is 10.2 Å². The molecule has 0 fully saturated rings. The second-order valence-corrected chi connectivity index (χ2v) is 4.49. The Hall–Kier alpha value is -2.01. The first-order valence-electron chi connectivity index (χ1n) is 5.24. The summed E-state index contributed by atoms with van der Waals surface area (Å²) in [5, 5.41) is 5.33. The van der Waals surface area contributed by atoms with Gasteiger partial charge in [0.2, 0.25) is 0 Å². The van der Waals surface area contributed by atoms with E-state index in [1.54, 1.807) is 23.9 Å². The molecule has 0 atom stereocenters. The van der Waals surface area contributed by atoms with E-state index >= 15 is 0 Å².